The number of aliphatic hydroxyl groups is 1. The summed E-state index contributed by atoms with van der Waals surface area (Å²) in [4.78, 5) is 64.6. The number of hydrogen-bond donors (Lipinski definition) is 8. The maximum absolute atomic E-state index is 12.4. The van der Waals surface area contributed by atoms with Gasteiger partial charge in [0.25, 0.3) is 0 Å². The lowest BCUT2D eigenvalue weighted by molar-refractivity contribution is -0.143. The first kappa shape index (κ1) is 24.5. The zero-order valence-electron chi connectivity index (χ0n) is 16.0. The standard InChI is InChI=1S/C16H25N7O7/c17-9(1-2-12(18)25)14(27)20-5-13(26)22-10(3-8-4-19-7-21-8)15(28)23-11(6-24)16(29)30/h4,7,9-11,24H,1-3,5-6,17H2,(H2,18,25)(H,19,21)(H,20,27)(H,22,26)(H,23,28)(H,29,30). The Hall–Kier alpha value is -3.52. The first-order valence-electron chi connectivity index (χ1n) is 8.86. The van der Waals surface area contributed by atoms with Gasteiger partial charge in [-0.1, -0.05) is 0 Å². The molecule has 166 valence electrons. The zero-order chi connectivity index (χ0) is 22.7. The number of aromatic amines is 1. The SMILES string of the molecule is NC(=O)CCC(N)C(=O)NCC(=O)NC(Cc1cnc[nH]1)C(=O)NC(CO)C(=O)O. The number of amides is 4. The molecule has 3 unspecified atom stereocenters. The third-order valence-corrected chi connectivity index (χ3v) is 3.89. The van der Waals surface area contributed by atoms with E-state index < -0.39 is 60.9 Å². The van der Waals surface area contributed by atoms with E-state index in [1.165, 1.54) is 12.5 Å². The molecule has 14 heteroatoms. The van der Waals surface area contributed by atoms with Gasteiger partial charge in [-0.25, -0.2) is 9.78 Å². The number of hydrogen-bond acceptors (Lipinski definition) is 8. The third kappa shape index (κ3) is 8.66. The fraction of sp³-hybridized carbons (Fsp3) is 0.500. The van der Waals surface area contributed by atoms with Gasteiger partial charge in [-0.05, 0) is 6.42 Å². The van der Waals surface area contributed by atoms with E-state index in [0.29, 0.717) is 5.69 Å². The van der Waals surface area contributed by atoms with E-state index in [0.717, 1.165) is 0 Å². The van der Waals surface area contributed by atoms with Gasteiger partial charge >= 0.3 is 5.97 Å². The van der Waals surface area contributed by atoms with Crippen LogP contribution in [0.25, 0.3) is 0 Å². The predicted octanol–water partition coefficient (Wildman–Crippen LogP) is -4.29. The summed E-state index contributed by atoms with van der Waals surface area (Å²) in [5.41, 5.74) is 11.0. The molecular weight excluding hydrogens is 402 g/mol. The highest BCUT2D eigenvalue weighted by Crippen LogP contribution is 2.00. The number of aromatic nitrogens is 2. The van der Waals surface area contributed by atoms with Crippen LogP contribution in [0.15, 0.2) is 12.5 Å². The smallest absolute Gasteiger partial charge is 0.328 e. The Balaban J connectivity index is 2.68. The number of carboxylic acids is 1. The summed E-state index contributed by atoms with van der Waals surface area (Å²) >= 11 is 0. The number of H-pyrrole nitrogens is 1. The van der Waals surface area contributed by atoms with E-state index in [1.807, 2.05) is 0 Å². The van der Waals surface area contributed by atoms with Gasteiger partial charge in [0.2, 0.25) is 23.6 Å². The lowest BCUT2D eigenvalue weighted by Gasteiger charge is -2.20. The lowest BCUT2D eigenvalue weighted by atomic mass is 10.1. The van der Waals surface area contributed by atoms with Crippen LogP contribution in [-0.4, -0.2) is 81.1 Å². The van der Waals surface area contributed by atoms with Gasteiger partial charge in [0.15, 0.2) is 0 Å². The second kappa shape index (κ2) is 12.1. The Labute approximate surface area is 170 Å². The number of aliphatic hydroxyl groups excluding tert-OH is 1. The molecule has 0 aromatic carbocycles. The van der Waals surface area contributed by atoms with Gasteiger partial charge in [0, 0.05) is 24.7 Å². The molecule has 1 rings (SSSR count). The highest BCUT2D eigenvalue weighted by molar-refractivity contribution is 5.92. The van der Waals surface area contributed by atoms with Crippen LogP contribution in [0.3, 0.4) is 0 Å². The molecule has 0 fully saturated rings. The topological polar surface area (TPSA) is 243 Å². The molecule has 0 spiro atoms. The van der Waals surface area contributed by atoms with E-state index in [4.69, 9.17) is 21.7 Å². The normalized spacial score (nSPS) is 13.5. The quantitative estimate of drug-likeness (QED) is 0.151. The summed E-state index contributed by atoms with van der Waals surface area (Å²) in [7, 11) is 0. The molecule has 14 nitrogen and oxygen atoms in total. The largest absolute Gasteiger partial charge is 0.480 e. The summed E-state index contributed by atoms with van der Waals surface area (Å²) in [5.74, 6) is -4.36. The number of rotatable bonds is 13. The summed E-state index contributed by atoms with van der Waals surface area (Å²) in [6.45, 7) is -1.36. The van der Waals surface area contributed by atoms with Crippen molar-refractivity contribution in [1.29, 1.82) is 0 Å². The number of aliphatic carboxylic acids is 1. The minimum atomic E-state index is -1.55. The van der Waals surface area contributed by atoms with Crippen LogP contribution >= 0.6 is 0 Å². The molecule has 1 heterocycles. The number of nitrogens with two attached hydrogens (primary N) is 2. The maximum atomic E-state index is 12.4. The minimum absolute atomic E-state index is 0.00533. The Morgan fingerprint density at radius 3 is 2.37 bits per heavy atom. The van der Waals surface area contributed by atoms with Crippen LogP contribution < -0.4 is 27.4 Å². The Morgan fingerprint density at radius 2 is 1.83 bits per heavy atom. The van der Waals surface area contributed by atoms with Crippen molar-refractivity contribution in [1.82, 2.24) is 25.9 Å². The number of carboxylic acid groups (broad SMARTS) is 1. The van der Waals surface area contributed by atoms with Crippen LogP contribution in [0, 0.1) is 0 Å². The van der Waals surface area contributed by atoms with Crippen molar-refractivity contribution in [3.63, 3.8) is 0 Å². The summed E-state index contributed by atoms with van der Waals surface area (Å²) in [6, 6.07) is -3.82. The monoisotopic (exact) mass is 427 g/mol. The molecule has 4 amide bonds. The Morgan fingerprint density at radius 1 is 1.13 bits per heavy atom. The van der Waals surface area contributed by atoms with Crippen molar-refractivity contribution >= 4 is 29.6 Å². The van der Waals surface area contributed by atoms with E-state index in [-0.39, 0.29) is 19.3 Å². The van der Waals surface area contributed by atoms with Crippen molar-refractivity contribution in [2.45, 2.75) is 37.4 Å². The fourth-order valence-corrected chi connectivity index (χ4v) is 2.26. The molecule has 30 heavy (non-hydrogen) atoms. The molecule has 1 aromatic rings. The molecule has 0 aliphatic heterocycles. The van der Waals surface area contributed by atoms with Crippen molar-refractivity contribution in [3.8, 4) is 0 Å². The molecule has 0 aliphatic rings. The Kier molecular flexibility index (Phi) is 9.91. The van der Waals surface area contributed by atoms with Crippen LogP contribution in [0.1, 0.15) is 18.5 Å². The molecular formula is C16H25N7O7. The van der Waals surface area contributed by atoms with Gasteiger partial charge in [0.1, 0.15) is 12.1 Å². The van der Waals surface area contributed by atoms with Gasteiger partial charge in [-0.15, -0.1) is 0 Å². The summed E-state index contributed by atoms with van der Waals surface area (Å²) in [6.07, 6.45) is 2.62. The van der Waals surface area contributed by atoms with Gasteiger partial charge in [0.05, 0.1) is 25.5 Å². The second-order valence-electron chi connectivity index (χ2n) is 6.31. The highest BCUT2D eigenvalue weighted by atomic mass is 16.4. The summed E-state index contributed by atoms with van der Waals surface area (Å²) in [5, 5.41) is 24.7. The number of carbonyl (C=O) groups excluding carboxylic acids is 4. The van der Waals surface area contributed by atoms with E-state index in [1.54, 1.807) is 0 Å². The van der Waals surface area contributed by atoms with Crippen LogP contribution in [0.2, 0.25) is 0 Å². The minimum Gasteiger partial charge on any atom is -0.480 e. The molecule has 0 bridgehead atoms. The number of carbonyl (C=O) groups is 5. The highest BCUT2D eigenvalue weighted by Gasteiger charge is 2.27. The number of nitrogens with zero attached hydrogens (tertiary/aromatic N) is 1. The van der Waals surface area contributed by atoms with Gasteiger partial charge in [-0.3, -0.25) is 19.2 Å². The van der Waals surface area contributed by atoms with E-state index in [9.17, 15) is 24.0 Å². The van der Waals surface area contributed by atoms with Crippen molar-refractivity contribution in [2.75, 3.05) is 13.2 Å². The van der Waals surface area contributed by atoms with Crippen LogP contribution in [-0.2, 0) is 30.4 Å². The van der Waals surface area contributed by atoms with Crippen molar-refractivity contribution < 1.29 is 34.2 Å². The first-order chi connectivity index (χ1) is 14.1. The summed E-state index contributed by atoms with van der Waals surface area (Å²) < 4.78 is 0. The van der Waals surface area contributed by atoms with E-state index >= 15 is 0 Å². The Bertz CT molecular complexity index is 753. The first-order valence-corrected chi connectivity index (χ1v) is 8.86. The molecule has 10 N–H and O–H groups in total. The zero-order valence-corrected chi connectivity index (χ0v) is 16.0. The lowest BCUT2D eigenvalue weighted by Crippen LogP contribution is -2.55. The van der Waals surface area contributed by atoms with Crippen molar-refractivity contribution in [3.05, 3.63) is 18.2 Å². The van der Waals surface area contributed by atoms with Gasteiger partial charge in [-0.2, -0.15) is 0 Å². The molecule has 0 radical (unpaired) electrons. The van der Waals surface area contributed by atoms with Crippen LogP contribution in [0.5, 0.6) is 0 Å². The fourth-order valence-electron chi connectivity index (χ4n) is 2.26. The number of primary amides is 1. The van der Waals surface area contributed by atoms with E-state index in [2.05, 4.69) is 25.9 Å². The van der Waals surface area contributed by atoms with Gasteiger partial charge < -0.3 is 42.6 Å². The third-order valence-electron chi connectivity index (χ3n) is 3.89. The number of imidazole rings is 1. The molecule has 3 atom stereocenters. The number of nitrogens with one attached hydrogen (secondary N) is 4. The van der Waals surface area contributed by atoms with Crippen molar-refractivity contribution in [2.24, 2.45) is 11.5 Å². The average Bonchev–Trinajstić information content (AvgIpc) is 3.20. The average molecular weight is 427 g/mol. The predicted molar refractivity (Wildman–Crippen MR) is 100 cm³/mol. The second-order valence-corrected chi connectivity index (χ2v) is 6.31. The molecule has 0 saturated heterocycles. The molecule has 0 aliphatic carbocycles. The molecule has 0 saturated carbocycles. The maximum Gasteiger partial charge on any atom is 0.328 e. The molecule has 1 aromatic heterocycles. The van der Waals surface area contributed by atoms with Crippen LogP contribution in [0.4, 0.5) is 0 Å².